The first-order valence-electron chi connectivity index (χ1n) is 15.1. The maximum absolute atomic E-state index is 13.3. The van der Waals surface area contributed by atoms with Crippen LogP contribution in [-0.4, -0.2) is 80.7 Å². The van der Waals surface area contributed by atoms with Crippen molar-refractivity contribution in [3.05, 3.63) is 92.3 Å². The van der Waals surface area contributed by atoms with Crippen LogP contribution in [0, 0.1) is 32.8 Å². The minimum Gasteiger partial charge on any atom is -0.489 e. The number of rotatable bonds is 17. The van der Waals surface area contributed by atoms with Crippen LogP contribution in [0.15, 0.2) is 71.1 Å². The summed E-state index contributed by atoms with van der Waals surface area (Å²) in [4.78, 5) is 48.9. The summed E-state index contributed by atoms with van der Waals surface area (Å²) in [7, 11) is 1.10. The molecule has 1 amide bonds. The fourth-order valence-electron chi connectivity index (χ4n) is 4.81. The molecule has 0 aliphatic carbocycles. The lowest BCUT2D eigenvalue weighted by atomic mass is 9.80. The van der Waals surface area contributed by atoms with Crippen LogP contribution >= 0.6 is 0 Å². The topological polar surface area (TPSA) is 235 Å². The number of allylic oxidation sites excluding steroid dienone is 2. The molecule has 1 heterocycles. The first-order valence-corrected chi connectivity index (χ1v) is 15.1. The van der Waals surface area contributed by atoms with Crippen molar-refractivity contribution >= 4 is 23.7 Å². The van der Waals surface area contributed by atoms with Crippen LogP contribution < -0.4 is 20.7 Å². The molecule has 2 aromatic carbocycles. The van der Waals surface area contributed by atoms with Gasteiger partial charge in [-0.25, -0.2) is 14.4 Å². The maximum Gasteiger partial charge on any atom is 0.407 e. The number of alkyl carbamates (subject to hydrolysis) is 1. The van der Waals surface area contributed by atoms with Gasteiger partial charge >= 0.3 is 18.0 Å². The Bertz CT molecular complexity index is 1680. The molecule has 0 aromatic heterocycles. The second-order valence-electron chi connectivity index (χ2n) is 10.5. The van der Waals surface area contributed by atoms with Gasteiger partial charge in [-0.1, -0.05) is 24.3 Å². The summed E-state index contributed by atoms with van der Waals surface area (Å²) in [6.07, 6.45) is -0.324. The van der Waals surface area contributed by atoms with E-state index in [4.69, 9.17) is 24.2 Å². The van der Waals surface area contributed by atoms with Crippen molar-refractivity contribution in [3.8, 4) is 17.9 Å². The SMILES string of the molecule is COC(=O)C1=C(C#N)NC(C)=C(C(=O)OCCNC(=O)OCCCCNCC(O)COc2ccccc2C#N)C1c1cccc([N+](=O)[O-])c1. The van der Waals surface area contributed by atoms with E-state index in [2.05, 4.69) is 16.0 Å². The number of para-hydroxylation sites is 1. The molecule has 2 atom stereocenters. The van der Waals surface area contributed by atoms with Crippen molar-refractivity contribution in [2.24, 2.45) is 0 Å². The van der Waals surface area contributed by atoms with Crippen LogP contribution in [0.25, 0.3) is 0 Å². The summed E-state index contributed by atoms with van der Waals surface area (Å²) in [5.74, 6) is -2.61. The molecule has 258 valence electrons. The minimum absolute atomic E-state index is 0.0183. The third-order valence-electron chi connectivity index (χ3n) is 7.12. The molecule has 2 unspecified atom stereocenters. The number of nitriles is 2. The number of amides is 1. The number of nitro groups is 1. The van der Waals surface area contributed by atoms with Crippen molar-refractivity contribution in [1.82, 2.24) is 16.0 Å². The predicted molar refractivity (Wildman–Crippen MR) is 171 cm³/mol. The van der Waals surface area contributed by atoms with Gasteiger partial charge in [-0.3, -0.25) is 10.1 Å². The zero-order valence-electron chi connectivity index (χ0n) is 26.9. The summed E-state index contributed by atoms with van der Waals surface area (Å²) < 4.78 is 20.8. The smallest absolute Gasteiger partial charge is 0.407 e. The Balaban J connectivity index is 1.42. The molecular weight excluding hydrogens is 640 g/mol. The molecule has 4 N–H and O–H groups in total. The molecule has 0 spiro atoms. The Morgan fingerprint density at radius 3 is 2.51 bits per heavy atom. The van der Waals surface area contributed by atoms with E-state index in [9.17, 15) is 34.9 Å². The summed E-state index contributed by atoms with van der Waals surface area (Å²) in [5, 5.41) is 48.5. The maximum atomic E-state index is 13.3. The van der Waals surface area contributed by atoms with Gasteiger partial charge in [0.2, 0.25) is 0 Å². The molecule has 49 heavy (non-hydrogen) atoms. The number of nitrogens with zero attached hydrogens (tertiary/aromatic N) is 3. The van der Waals surface area contributed by atoms with Gasteiger partial charge in [0.1, 0.15) is 42.9 Å². The number of non-ortho nitro benzene ring substituents is 1. The highest BCUT2D eigenvalue weighted by Gasteiger charge is 2.39. The van der Waals surface area contributed by atoms with E-state index >= 15 is 0 Å². The molecule has 1 aliphatic rings. The van der Waals surface area contributed by atoms with E-state index in [1.165, 1.54) is 31.2 Å². The number of unbranched alkanes of at least 4 members (excludes halogenated alkanes) is 1. The fourth-order valence-corrected chi connectivity index (χ4v) is 4.81. The van der Waals surface area contributed by atoms with Gasteiger partial charge in [0, 0.05) is 24.4 Å². The molecular formula is C33H36N6O10. The average molecular weight is 677 g/mol. The highest BCUT2D eigenvalue weighted by Crippen LogP contribution is 2.40. The first kappa shape index (κ1) is 37.5. The number of hydrogen-bond donors (Lipinski definition) is 4. The Morgan fingerprint density at radius 2 is 1.80 bits per heavy atom. The zero-order chi connectivity index (χ0) is 35.8. The van der Waals surface area contributed by atoms with Gasteiger partial charge in [0.05, 0.1) is 47.8 Å². The number of ether oxygens (including phenoxy) is 4. The minimum atomic E-state index is -1.22. The monoisotopic (exact) mass is 676 g/mol. The molecule has 16 heteroatoms. The number of aliphatic hydroxyl groups excluding tert-OH is 1. The number of nitro benzene ring substituents is 1. The molecule has 16 nitrogen and oxygen atoms in total. The highest BCUT2D eigenvalue weighted by molar-refractivity contribution is 6.00. The van der Waals surface area contributed by atoms with Crippen molar-refractivity contribution < 1.29 is 43.4 Å². The summed E-state index contributed by atoms with van der Waals surface area (Å²) in [6.45, 7) is 2.08. The summed E-state index contributed by atoms with van der Waals surface area (Å²) in [5.41, 5.74) is 0.00821. The van der Waals surface area contributed by atoms with Gasteiger partial charge in [-0.15, -0.1) is 0 Å². The Kier molecular flexibility index (Phi) is 14.5. The van der Waals surface area contributed by atoms with Crippen molar-refractivity contribution in [3.63, 3.8) is 0 Å². The van der Waals surface area contributed by atoms with Crippen LogP contribution in [0.1, 0.15) is 36.8 Å². The van der Waals surface area contributed by atoms with E-state index in [0.717, 1.165) is 7.11 Å². The predicted octanol–water partition coefficient (Wildman–Crippen LogP) is 2.46. The number of hydrogen-bond acceptors (Lipinski definition) is 14. The number of nitrogens with one attached hydrogen (secondary N) is 3. The summed E-state index contributed by atoms with van der Waals surface area (Å²) >= 11 is 0. The number of methoxy groups -OCH3 is 1. The van der Waals surface area contributed by atoms with Crippen molar-refractivity contribution in [2.45, 2.75) is 31.8 Å². The third kappa shape index (κ3) is 10.8. The molecule has 3 rings (SSSR count). The second-order valence-corrected chi connectivity index (χ2v) is 10.5. The van der Waals surface area contributed by atoms with Crippen LogP contribution in [0.5, 0.6) is 5.75 Å². The van der Waals surface area contributed by atoms with Gasteiger partial charge in [0.25, 0.3) is 5.69 Å². The Hall–Kier alpha value is -5.97. The normalized spacial score (nSPS) is 14.4. The van der Waals surface area contributed by atoms with Gasteiger partial charge in [-0.05, 0) is 44.0 Å². The van der Waals surface area contributed by atoms with Gasteiger partial charge in [0.15, 0.2) is 0 Å². The molecule has 0 saturated heterocycles. The van der Waals surface area contributed by atoms with E-state index in [-0.39, 0.29) is 66.7 Å². The number of carbonyl (C=O) groups is 3. The number of carbonyl (C=O) groups excluding carboxylic acids is 3. The van der Waals surface area contributed by atoms with Crippen molar-refractivity contribution in [1.29, 1.82) is 10.5 Å². The standard InChI is InChI=1S/C33H36N6O10/c1-21-28(29(22-9-7-10-24(16-22)39(44)45)30(31(41)46-2)26(18-35)38-21)32(42)47-15-13-37-33(43)48-14-6-5-12-36-19-25(40)20-49-27-11-4-3-8-23(27)17-34/h3-4,7-11,16,25,29,36,38,40H,5-6,12-15,19-20H2,1-2H3,(H,37,43). The van der Waals surface area contributed by atoms with Crippen LogP contribution in [-0.2, 0) is 23.8 Å². The first-order chi connectivity index (χ1) is 23.6. The van der Waals surface area contributed by atoms with Gasteiger partial charge in [-0.2, -0.15) is 10.5 Å². The Labute approximate surface area is 282 Å². The lowest BCUT2D eigenvalue weighted by molar-refractivity contribution is -0.384. The summed E-state index contributed by atoms with van der Waals surface area (Å²) in [6, 6.07) is 16.0. The second kappa shape index (κ2) is 19.0. The van der Waals surface area contributed by atoms with Crippen LogP contribution in [0.4, 0.5) is 10.5 Å². The van der Waals surface area contributed by atoms with Crippen molar-refractivity contribution in [2.75, 3.05) is 46.6 Å². The van der Waals surface area contributed by atoms with E-state index in [1.54, 1.807) is 24.3 Å². The van der Waals surface area contributed by atoms with E-state index in [1.807, 2.05) is 12.1 Å². The number of esters is 2. The quantitative estimate of drug-likeness (QED) is 0.0619. The van der Waals surface area contributed by atoms with E-state index < -0.39 is 35.0 Å². The largest absolute Gasteiger partial charge is 0.489 e. The van der Waals surface area contributed by atoms with Crippen LogP contribution in [0.2, 0.25) is 0 Å². The molecule has 0 bridgehead atoms. The molecule has 0 saturated carbocycles. The van der Waals surface area contributed by atoms with Crippen LogP contribution in [0.3, 0.4) is 0 Å². The third-order valence-corrected chi connectivity index (χ3v) is 7.12. The number of dihydropyridines is 1. The lowest BCUT2D eigenvalue weighted by Gasteiger charge is -2.29. The highest BCUT2D eigenvalue weighted by atomic mass is 16.6. The number of aliphatic hydroxyl groups is 1. The average Bonchev–Trinajstić information content (AvgIpc) is 3.11. The molecule has 0 radical (unpaired) electrons. The molecule has 2 aromatic rings. The van der Waals surface area contributed by atoms with Gasteiger partial charge < -0.3 is 40.0 Å². The zero-order valence-corrected chi connectivity index (χ0v) is 26.9. The molecule has 1 aliphatic heterocycles. The van der Waals surface area contributed by atoms with E-state index in [0.29, 0.717) is 30.7 Å². The lowest BCUT2D eigenvalue weighted by Crippen LogP contribution is -2.34. The molecule has 0 fully saturated rings. The Morgan fingerprint density at radius 1 is 1.02 bits per heavy atom. The number of benzene rings is 2. The fraction of sp³-hybridized carbons (Fsp3) is 0.364.